The van der Waals surface area contributed by atoms with Crippen molar-refractivity contribution in [1.29, 1.82) is 5.26 Å². The van der Waals surface area contributed by atoms with Crippen LogP contribution in [-0.2, 0) is 4.79 Å². The number of carbonyl (C=O) groups is 2. The summed E-state index contributed by atoms with van der Waals surface area (Å²) in [7, 11) is 0. The Balaban J connectivity index is 1.89. The van der Waals surface area contributed by atoms with Crippen LogP contribution >= 0.6 is 0 Å². The summed E-state index contributed by atoms with van der Waals surface area (Å²) in [5.74, 6) is 0.814. The van der Waals surface area contributed by atoms with Crippen LogP contribution in [0.1, 0.15) is 50.0 Å². The van der Waals surface area contributed by atoms with Gasteiger partial charge in [-0.3, -0.25) is 9.59 Å². The molecule has 0 bridgehead atoms. The Kier molecular flexibility index (Phi) is 6.12. The van der Waals surface area contributed by atoms with Crippen molar-refractivity contribution in [3.63, 3.8) is 0 Å². The summed E-state index contributed by atoms with van der Waals surface area (Å²) < 4.78 is 5.94. The predicted molar refractivity (Wildman–Crippen MR) is 117 cm³/mol. The van der Waals surface area contributed by atoms with Crippen LogP contribution in [0.25, 0.3) is 0 Å². The van der Waals surface area contributed by atoms with Gasteiger partial charge in [-0.1, -0.05) is 13.8 Å². The Labute approximate surface area is 177 Å². The molecule has 3 rings (SSSR count). The molecule has 2 aromatic rings. The number of carbonyl (C=O) groups excluding carboxylic acids is 2. The maximum Gasteiger partial charge on any atom is 0.255 e. The zero-order chi connectivity index (χ0) is 21.9. The molecule has 0 saturated heterocycles. The van der Waals surface area contributed by atoms with Gasteiger partial charge in [-0.2, -0.15) is 5.26 Å². The summed E-state index contributed by atoms with van der Waals surface area (Å²) in [6, 6.07) is 13.8. The van der Waals surface area contributed by atoms with Crippen molar-refractivity contribution in [2.24, 2.45) is 11.3 Å². The molecule has 156 valence electrons. The SMILES string of the molecule is CC(C)CCN1C(=O)C(C)(C)COc2ccc(NC(=O)c3ccc(C#N)cc3)cc21. The number of ether oxygens (including phenoxy) is 1. The van der Waals surface area contributed by atoms with Crippen LogP contribution in [0.4, 0.5) is 11.4 Å². The molecule has 1 N–H and O–H groups in total. The Morgan fingerprint density at radius 3 is 2.57 bits per heavy atom. The highest BCUT2D eigenvalue weighted by Crippen LogP contribution is 2.38. The topological polar surface area (TPSA) is 82.4 Å². The lowest BCUT2D eigenvalue weighted by atomic mass is 9.92. The molecule has 0 aromatic heterocycles. The first-order valence-corrected chi connectivity index (χ1v) is 10.1. The van der Waals surface area contributed by atoms with E-state index in [-0.39, 0.29) is 11.8 Å². The molecule has 0 atom stereocenters. The molecule has 2 aromatic carbocycles. The van der Waals surface area contributed by atoms with Crippen molar-refractivity contribution < 1.29 is 14.3 Å². The molecule has 1 aliphatic heterocycles. The average molecular weight is 405 g/mol. The zero-order valence-corrected chi connectivity index (χ0v) is 17.9. The van der Waals surface area contributed by atoms with E-state index in [9.17, 15) is 9.59 Å². The number of hydrogen-bond donors (Lipinski definition) is 1. The number of rotatable bonds is 5. The molecule has 0 saturated carbocycles. The summed E-state index contributed by atoms with van der Waals surface area (Å²) in [4.78, 5) is 27.6. The summed E-state index contributed by atoms with van der Waals surface area (Å²) in [5, 5.41) is 11.8. The van der Waals surface area contributed by atoms with Gasteiger partial charge >= 0.3 is 0 Å². The Bertz CT molecular complexity index is 988. The van der Waals surface area contributed by atoms with Gasteiger partial charge < -0.3 is 15.0 Å². The Morgan fingerprint density at radius 1 is 1.23 bits per heavy atom. The van der Waals surface area contributed by atoms with Gasteiger partial charge in [0.15, 0.2) is 0 Å². The predicted octanol–water partition coefficient (Wildman–Crippen LogP) is 4.61. The first-order chi connectivity index (χ1) is 14.2. The van der Waals surface area contributed by atoms with Crippen LogP contribution in [0.3, 0.4) is 0 Å². The van der Waals surface area contributed by atoms with Crippen molar-refractivity contribution >= 4 is 23.2 Å². The molecule has 0 fully saturated rings. The highest BCUT2D eigenvalue weighted by molar-refractivity contribution is 6.05. The second kappa shape index (κ2) is 8.58. The minimum absolute atomic E-state index is 0.0115. The van der Waals surface area contributed by atoms with Crippen molar-refractivity contribution in [3.8, 4) is 11.8 Å². The lowest BCUT2D eigenvalue weighted by Gasteiger charge is -2.28. The van der Waals surface area contributed by atoms with Crippen LogP contribution in [-0.4, -0.2) is 25.0 Å². The summed E-state index contributed by atoms with van der Waals surface area (Å²) in [6.07, 6.45) is 0.864. The van der Waals surface area contributed by atoms with E-state index in [0.717, 1.165) is 6.42 Å². The fourth-order valence-electron chi connectivity index (χ4n) is 3.23. The third-order valence-corrected chi connectivity index (χ3v) is 5.13. The molecule has 1 aliphatic rings. The molecule has 0 unspecified atom stereocenters. The van der Waals surface area contributed by atoms with E-state index in [0.29, 0.717) is 47.3 Å². The lowest BCUT2D eigenvalue weighted by Crippen LogP contribution is -2.42. The second-order valence-electron chi connectivity index (χ2n) is 8.64. The highest BCUT2D eigenvalue weighted by Gasteiger charge is 2.37. The summed E-state index contributed by atoms with van der Waals surface area (Å²) in [6.45, 7) is 8.91. The normalized spacial score (nSPS) is 15.1. The first kappa shape index (κ1) is 21.4. The van der Waals surface area contributed by atoms with E-state index in [1.165, 1.54) is 0 Å². The van der Waals surface area contributed by atoms with Crippen LogP contribution in [0, 0.1) is 22.7 Å². The molecule has 6 heteroatoms. The second-order valence-corrected chi connectivity index (χ2v) is 8.64. The van der Waals surface area contributed by atoms with Gasteiger partial charge in [0.05, 0.1) is 22.7 Å². The number of nitriles is 1. The quantitative estimate of drug-likeness (QED) is 0.788. The van der Waals surface area contributed by atoms with Crippen molar-refractivity contribution in [3.05, 3.63) is 53.6 Å². The van der Waals surface area contributed by atoms with Gasteiger partial charge in [-0.15, -0.1) is 0 Å². The van der Waals surface area contributed by atoms with Crippen molar-refractivity contribution in [1.82, 2.24) is 0 Å². The van der Waals surface area contributed by atoms with Gasteiger partial charge in [0.25, 0.3) is 5.91 Å². The third kappa shape index (κ3) is 4.62. The van der Waals surface area contributed by atoms with Crippen LogP contribution in [0.15, 0.2) is 42.5 Å². The van der Waals surface area contributed by atoms with Gasteiger partial charge in [0.1, 0.15) is 12.4 Å². The smallest absolute Gasteiger partial charge is 0.255 e. The molecule has 0 radical (unpaired) electrons. The largest absolute Gasteiger partial charge is 0.490 e. The fraction of sp³-hybridized carbons (Fsp3) is 0.375. The van der Waals surface area contributed by atoms with Crippen LogP contribution < -0.4 is 15.0 Å². The van der Waals surface area contributed by atoms with Crippen LogP contribution in [0.5, 0.6) is 5.75 Å². The van der Waals surface area contributed by atoms with Gasteiger partial charge in [-0.25, -0.2) is 0 Å². The van der Waals surface area contributed by atoms with E-state index in [2.05, 4.69) is 19.2 Å². The molecule has 0 spiro atoms. The Hall–Kier alpha value is -3.33. The van der Waals surface area contributed by atoms with E-state index in [1.807, 2.05) is 19.9 Å². The highest BCUT2D eigenvalue weighted by atomic mass is 16.5. The average Bonchev–Trinajstić information content (AvgIpc) is 2.81. The number of anilines is 2. The van der Waals surface area contributed by atoms with Gasteiger partial charge in [0, 0.05) is 17.8 Å². The number of nitrogens with zero attached hydrogens (tertiary/aromatic N) is 2. The number of amides is 2. The van der Waals surface area contributed by atoms with Gasteiger partial charge in [-0.05, 0) is 68.7 Å². The molecular formula is C24H27N3O3. The van der Waals surface area contributed by atoms with E-state index >= 15 is 0 Å². The zero-order valence-electron chi connectivity index (χ0n) is 17.9. The standard InChI is InChI=1S/C24H27N3O3/c1-16(2)11-12-27-20-13-19(9-10-21(20)30-15-24(3,4)23(27)29)26-22(28)18-7-5-17(14-25)6-8-18/h5-10,13,16H,11-12,15H2,1-4H3,(H,26,28). The fourth-order valence-corrected chi connectivity index (χ4v) is 3.23. The van der Waals surface area contributed by atoms with E-state index in [1.54, 1.807) is 47.4 Å². The number of hydrogen-bond acceptors (Lipinski definition) is 4. The number of nitrogens with one attached hydrogen (secondary N) is 1. The summed E-state index contributed by atoms with van der Waals surface area (Å²) >= 11 is 0. The van der Waals surface area contributed by atoms with Gasteiger partial charge in [0.2, 0.25) is 5.91 Å². The first-order valence-electron chi connectivity index (χ1n) is 10.1. The molecule has 0 aliphatic carbocycles. The maximum atomic E-state index is 13.2. The Morgan fingerprint density at radius 2 is 1.93 bits per heavy atom. The molecule has 30 heavy (non-hydrogen) atoms. The minimum Gasteiger partial charge on any atom is -0.490 e. The summed E-state index contributed by atoms with van der Waals surface area (Å²) in [5.41, 5.74) is 1.56. The minimum atomic E-state index is -0.637. The third-order valence-electron chi connectivity index (χ3n) is 5.13. The number of fused-ring (bicyclic) bond motifs is 1. The molecule has 1 heterocycles. The molecular weight excluding hydrogens is 378 g/mol. The molecule has 6 nitrogen and oxygen atoms in total. The number of benzene rings is 2. The lowest BCUT2D eigenvalue weighted by molar-refractivity contribution is -0.127. The van der Waals surface area contributed by atoms with E-state index < -0.39 is 5.41 Å². The van der Waals surface area contributed by atoms with E-state index in [4.69, 9.17) is 10.00 Å². The van der Waals surface area contributed by atoms with Crippen molar-refractivity contribution in [2.75, 3.05) is 23.4 Å². The van der Waals surface area contributed by atoms with Crippen LogP contribution in [0.2, 0.25) is 0 Å². The molecule has 2 amide bonds. The van der Waals surface area contributed by atoms with Crippen molar-refractivity contribution in [2.45, 2.75) is 34.1 Å². The monoisotopic (exact) mass is 405 g/mol. The maximum absolute atomic E-state index is 13.2.